The molecular weight excluding hydrogens is 220 g/mol. The Morgan fingerprint density at radius 1 is 1.59 bits per heavy atom. The van der Waals surface area contributed by atoms with Gasteiger partial charge in [-0.25, -0.2) is 0 Å². The number of hydrogen-bond acceptors (Lipinski definition) is 5. The van der Waals surface area contributed by atoms with Crippen molar-refractivity contribution >= 4 is 11.7 Å². The molecule has 2 heterocycles. The van der Waals surface area contributed by atoms with Crippen molar-refractivity contribution in [1.29, 1.82) is 0 Å². The van der Waals surface area contributed by atoms with Crippen LogP contribution in [0.2, 0.25) is 0 Å². The van der Waals surface area contributed by atoms with E-state index in [2.05, 4.69) is 15.5 Å². The lowest BCUT2D eigenvalue weighted by atomic mass is 10.3. The molecule has 1 aromatic heterocycles. The van der Waals surface area contributed by atoms with Crippen molar-refractivity contribution in [1.82, 2.24) is 15.5 Å². The first-order chi connectivity index (χ1) is 8.20. The maximum atomic E-state index is 11.5. The number of aromatic nitrogens is 2. The molecule has 1 aromatic rings. The number of anilines is 1. The van der Waals surface area contributed by atoms with E-state index in [1.807, 2.05) is 11.8 Å². The summed E-state index contributed by atoms with van der Waals surface area (Å²) in [5, 5.41) is 20.0. The largest absolute Gasteiger partial charge is 0.391 e. The lowest BCUT2D eigenvalue weighted by Gasteiger charge is -2.15. The number of aliphatic hydroxyl groups is 1. The van der Waals surface area contributed by atoms with E-state index in [1.165, 1.54) is 0 Å². The third kappa shape index (κ3) is 2.71. The number of β-amino-alcohol motifs (C(OH)–C–C–N with tert-alkyl or cyclic N) is 1. The third-order valence-electron chi connectivity index (χ3n) is 2.71. The van der Waals surface area contributed by atoms with Gasteiger partial charge in [-0.15, -0.1) is 10.2 Å². The Bertz CT molecular complexity index is 393. The molecule has 1 aliphatic heterocycles. The summed E-state index contributed by atoms with van der Waals surface area (Å²) in [5.74, 6) is 0.489. The molecule has 0 aliphatic carbocycles. The number of nitrogens with zero attached hydrogens (tertiary/aromatic N) is 3. The molecule has 6 heteroatoms. The molecule has 1 saturated heterocycles. The highest BCUT2D eigenvalue weighted by molar-refractivity contribution is 5.92. The van der Waals surface area contributed by atoms with E-state index >= 15 is 0 Å². The zero-order valence-electron chi connectivity index (χ0n) is 9.76. The van der Waals surface area contributed by atoms with Crippen LogP contribution in [0, 0.1) is 0 Å². The molecule has 92 valence electrons. The van der Waals surface area contributed by atoms with Gasteiger partial charge in [0.15, 0.2) is 11.5 Å². The Balaban J connectivity index is 2.05. The quantitative estimate of drug-likeness (QED) is 0.759. The average molecular weight is 236 g/mol. The van der Waals surface area contributed by atoms with Gasteiger partial charge < -0.3 is 15.3 Å². The maximum absolute atomic E-state index is 11.5. The molecule has 0 aromatic carbocycles. The Hall–Kier alpha value is -1.69. The molecule has 1 fully saturated rings. The van der Waals surface area contributed by atoms with E-state index in [0.29, 0.717) is 24.6 Å². The minimum Gasteiger partial charge on any atom is -0.391 e. The van der Waals surface area contributed by atoms with Crippen LogP contribution in [0.1, 0.15) is 23.8 Å². The molecule has 0 saturated carbocycles. The number of nitrogens with one attached hydrogen (secondary N) is 1. The number of aliphatic hydroxyl groups excluding tert-OH is 1. The van der Waals surface area contributed by atoms with Crippen LogP contribution in [0.3, 0.4) is 0 Å². The number of rotatable bonds is 3. The number of hydrogen-bond donors (Lipinski definition) is 2. The van der Waals surface area contributed by atoms with Gasteiger partial charge in [0.2, 0.25) is 0 Å². The second kappa shape index (κ2) is 5.09. The van der Waals surface area contributed by atoms with Crippen molar-refractivity contribution in [3.63, 3.8) is 0 Å². The van der Waals surface area contributed by atoms with Crippen LogP contribution in [0.5, 0.6) is 0 Å². The van der Waals surface area contributed by atoms with Gasteiger partial charge in [0.25, 0.3) is 5.91 Å². The van der Waals surface area contributed by atoms with Gasteiger partial charge in [-0.2, -0.15) is 0 Å². The molecule has 0 bridgehead atoms. The topological polar surface area (TPSA) is 78.4 Å². The smallest absolute Gasteiger partial charge is 0.271 e. The lowest BCUT2D eigenvalue weighted by molar-refractivity contribution is 0.0950. The predicted octanol–water partition coefficient (Wildman–Crippen LogP) is -0.203. The summed E-state index contributed by atoms with van der Waals surface area (Å²) < 4.78 is 0. The van der Waals surface area contributed by atoms with Gasteiger partial charge in [0.1, 0.15) is 0 Å². The van der Waals surface area contributed by atoms with Crippen LogP contribution in [0.15, 0.2) is 12.1 Å². The zero-order valence-corrected chi connectivity index (χ0v) is 9.76. The van der Waals surface area contributed by atoms with Crippen molar-refractivity contribution in [2.75, 3.05) is 24.5 Å². The standard InChI is InChI=1S/C11H16N4O2/c1-2-12-11(17)9-3-4-10(14-13-9)15-6-5-8(16)7-15/h3-4,8,16H,2,5-7H2,1H3,(H,12,17). The second-order valence-corrected chi connectivity index (χ2v) is 4.02. The summed E-state index contributed by atoms with van der Waals surface area (Å²) in [7, 11) is 0. The highest BCUT2D eigenvalue weighted by Crippen LogP contribution is 2.16. The van der Waals surface area contributed by atoms with Crippen LogP contribution in [0.25, 0.3) is 0 Å². The first-order valence-corrected chi connectivity index (χ1v) is 5.75. The number of carbonyl (C=O) groups excluding carboxylic acids is 1. The summed E-state index contributed by atoms with van der Waals surface area (Å²) in [4.78, 5) is 13.4. The minimum atomic E-state index is -0.292. The van der Waals surface area contributed by atoms with Crippen LogP contribution >= 0.6 is 0 Å². The summed E-state index contributed by atoms with van der Waals surface area (Å²) in [5.41, 5.74) is 0.315. The molecule has 1 amide bonds. The molecule has 6 nitrogen and oxygen atoms in total. The van der Waals surface area contributed by atoms with E-state index in [-0.39, 0.29) is 12.0 Å². The Morgan fingerprint density at radius 2 is 2.41 bits per heavy atom. The van der Waals surface area contributed by atoms with Crippen molar-refractivity contribution in [2.24, 2.45) is 0 Å². The van der Waals surface area contributed by atoms with Gasteiger partial charge in [-0.3, -0.25) is 4.79 Å². The SMILES string of the molecule is CCNC(=O)c1ccc(N2CCC(O)C2)nn1. The van der Waals surface area contributed by atoms with E-state index in [9.17, 15) is 9.90 Å². The molecule has 2 N–H and O–H groups in total. The van der Waals surface area contributed by atoms with Gasteiger partial charge in [-0.05, 0) is 25.5 Å². The van der Waals surface area contributed by atoms with Crippen molar-refractivity contribution in [3.05, 3.63) is 17.8 Å². The fourth-order valence-corrected chi connectivity index (χ4v) is 1.82. The summed E-state index contributed by atoms with van der Waals surface area (Å²) in [6, 6.07) is 3.41. The molecule has 0 radical (unpaired) electrons. The van der Waals surface area contributed by atoms with E-state index in [1.54, 1.807) is 12.1 Å². The first-order valence-electron chi connectivity index (χ1n) is 5.75. The first kappa shape index (κ1) is 11.8. The minimum absolute atomic E-state index is 0.215. The van der Waals surface area contributed by atoms with Crippen LogP contribution in [-0.4, -0.2) is 46.9 Å². The van der Waals surface area contributed by atoms with Gasteiger partial charge in [0, 0.05) is 19.6 Å². The summed E-state index contributed by atoms with van der Waals surface area (Å²) in [6.07, 6.45) is 0.458. The fraction of sp³-hybridized carbons (Fsp3) is 0.545. The van der Waals surface area contributed by atoms with Gasteiger partial charge in [-0.1, -0.05) is 0 Å². The monoisotopic (exact) mass is 236 g/mol. The van der Waals surface area contributed by atoms with Crippen LogP contribution in [-0.2, 0) is 0 Å². The van der Waals surface area contributed by atoms with Crippen molar-refractivity contribution < 1.29 is 9.90 Å². The molecule has 2 rings (SSSR count). The normalized spacial score (nSPS) is 19.4. The Labute approximate surface area is 99.7 Å². The van der Waals surface area contributed by atoms with Gasteiger partial charge in [0.05, 0.1) is 6.10 Å². The van der Waals surface area contributed by atoms with Gasteiger partial charge >= 0.3 is 0 Å². The Morgan fingerprint density at radius 3 is 2.94 bits per heavy atom. The highest BCUT2D eigenvalue weighted by atomic mass is 16.3. The molecule has 1 atom stereocenters. The highest BCUT2D eigenvalue weighted by Gasteiger charge is 2.21. The van der Waals surface area contributed by atoms with E-state index < -0.39 is 0 Å². The maximum Gasteiger partial charge on any atom is 0.271 e. The fourth-order valence-electron chi connectivity index (χ4n) is 1.82. The summed E-state index contributed by atoms with van der Waals surface area (Å²) in [6.45, 7) is 3.78. The lowest BCUT2D eigenvalue weighted by Crippen LogP contribution is -2.26. The molecule has 1 unspecified atom stereocenters. The van der Waals surface area contributed by atoms with Crippen LogP contribution in [0.4, 0.5) is 5.82 Å². The molecule has 0 spiro atoms. The predicted molar refractivity (Wildman–Crippen MR) is 62.9 cm³/mol. The van der Waals surface area contributed by atoms with Crippen molar-refractivity contribution in [3.8, 4) is 0 Å². The molecular formula is C11H16N4O2. The summed E-state index contributed by atoms with van der Waals surface area (Å²) >= 11 is 0. The Kier molecular flexibility index (Phi) is 3.53. The zero-order chi connectivity index (χ0) is 12.3. The van der Waals surface area contributed by atoms with Crippen LogP contribution < -0.4 is 10.2 Å². The third-order valence-corrected chi connectivity index (χ3v) is 2.71. The van der Waals surface area contributed by atoms with E-state index in [4.69, 9.17) is 0 Å². The van der Waals surface area contributed by atoms with E-state index in [0.717, 1.165) is 13.0 Å². The van der Waals surface area contributed by atoms with Crippen molar-refractivity contribution in [2.45, 2.75) is 19.4 Å². The number of carbonyl (C=O) groups is 1. The number of amides is 1. The molecule has 17 heavy (non-hydrogen) atoms. The average Bonchev–Trinajstić information content (AvgIpc) is 2.76. The molecule has 1 aliphatic rings. The second-order valence-electron chi connectivity index (χ2n) is 4.02.